The van der Waals surface area contributed by atoms with Crippen molar-refractivity contribution >= 4 is 17.5 Å². The fourth-order valence-electron chi connectivity index (χ4n) is 2.42. The predicted molar refractivity (Wildman–Crippen MR) is 98.2 cm³/mol. The first-order chi connectivity index (χ1) is 11.7. The van der Waals surface area contributed by atoms with Gasteiger partial charge in [0.2, 0.25) is 0 Å². The van der Waals surface area contributed by atoms with Gasteiger partial charge in [-0.05, 0) is 55.4 Å². The monoisotopic (exact) mass is 346 g/mol. The van der Waals surface area contributed by atoms with Crippen LogP contribution in [0.3, 0.4) is 0 Å². The number of rotatable bonds is 2. The molecule has 0 bridgehead atoms. The Hall–Kier alpha value is -1.88. The van der Waals surface area contributed by atoms with E-state index in [1.165, 1.54) is 0 Å². The van der Waals surface area contributed by atoms with E-state index in [4.69, 9.17) is 16.3 Å². The molecule has 5 heteroatoms. The number of halogens is 1. The Balaban J connectivity index is 0.000000647. The van der Waals surface area contributed by atoms with Crippen molar-refractivity contribution in [3.63, 3.8) is 0 Å². The Kier molecular flexibility index (Phi) is 7.25. The van der Waals surface area contributed by atoms with E-state index in [9.17, 15) is 4.79 Å². The molecule has 2 N–H and O–H groups in total. The predicted octanol–water partition coefficient (Wildman–Crippen LogP) is 3.42. The SMILES string of the molecule is CNC.O=C1NCCCOC1c1cccc(-c2ccc(Cl)cc2)c1. The summed E-state index contributed by atoms with van der Waals surface area (Å²) in [4.78, 5) is 12.1. The molecule has 1 unspecified atom stereocenters. The number of ether oxygens (including phenoxy) is 1. The zero-order chi connectivity index (χ0) is 17.4. The highest BCUT2D eigenvalue weighted by Crippen LogP contribution is 2.27. The molecular formula is C19H23ClN2O2. The molecule has 2 aromatic carbocycles. The van der Waals surface area contributed by atoms with E-state index in [1.54, 1.807) is 0 Å². The highest BCUT2D eigenvalue weighted by atomic mass is 35.5. The lowest BCUT2D eigenvalue weighted by molar-refractivity contribution is -0.131. The second kappa shape index (κ2) is 9.42. The topological polar surface area (TPSA) is 50.4 Å². The van der Waals surface area contributed by atoms with Crippen LogP contribution in [0.4, 0.5) is 0 Å². The summed E-state index contributed by atoms with van der Waals surface area (Å²) in [7, 11) is 3.75. The number of hydrogen-bond acceptors (Lipinski definition) is 3. The number of carbonyl (C=O) groups excluding carboxylic acids is 1. The van der Waals surface area contributed by atoms with Gasteiger partial charge in [0.1, 0.15) is 0 Å². The maximum absolute atomic E-state index is 12.1. The van der Waals surface area contributed by atoms with Crippen molar-refractivity contribution in [2.75, 3.05) is 27.2 Å². The van der Waals surface area contributed by atoms with Gasteiger partial charge in [-0.3, -0.25) is 4.79 Å². The Morgan fingerprint density at radius 3 is 2.54 bits per heavy atom. The zero-order valence-corrected chi connectivity index (χ0v) is 14.8. The van der Waals surface area contributed by atoms with Crippen LogP contribution >= 0.6 is 11.6 Å². The maximum Gasteiger partial charge on any atom is 0.253 e. The molecule has 1 aliphatic rings. The van der Waals surface area contributed by atoms with Crippen molar-refractivity contribution in [3.8, 4) is 11.1 Å². The van der Waals surface area contributed by atoms with Crippen LogP contribution in [0, 0.1) is 0 Å². The lowest BCUT2D eigenvalue weighted by atomic mass is 10.0. The van der Waals surface area contributed by atoms with Gasteiger partial charge in [0, 0.05) is 18.2 Å². The molecule has 1 saturated heterocycles. The molecule has 0 saturated carbocycles. The molecule has 0 aliphatic carbocycles. The zero-order valence-electron chi connectivity index (χ0n) is 14.0. The molecule has 1 aliphatic heterocycles. The average molecular weight is 347 g/mol. The molecule has 3 rings (SSSR count). The fourth-order valence-corrected chi connectivity index (χ4v) is 2.55. The van der Waals surface area contributed by atoms with Gasteiger partial charge < -0.3 is 15.4 Å². The molecule has 0 radical (unpaired) electrons. The summed E-state index contributed by atoms with van der Waals surface area (Å²) in [5.74, 6) is -0.0687. The maximum atomic E-state index is 12.1. The highest BCUT2D eigenvalue weighted by Gasteiger charge is 2.23. The summed E-state index contributed by atoms with van der Waals surface area (Å²) in [5.41, 5.74) is 2.99. The summed E-state index contributed by atoms with van der Waals surface area (Å²) >= 11 is 5.92. The summed E-state index contributed by atoms with van der Waals surface area (Å²) in [6, 6.07) is 15.5. The summed E-state index contributed by atoms with van der Waals surface area (Å²) < 4.78 is 5.68. The third kappa shape index (κ3) is 5.06. The van der Waals surface area contributed by atoms with Crippen molar-refractivity contribution in [2.45, 2.75) is 12.5 Å². The first-order valence-corrected chi connectivity index (χ1v) is 8.37. The second-order valence-corrected chi connectivity index (χ2v) is 5.96. The van der Waals surface area contributed by atoms with Crippen LogP contribution in [0.2, 0.25) is 5.02 Å². The van der Waals surface area contributed by atoms with Crippen LogP contribution in [0.25, 0.3) is 11.1 Å². The van der Waals surface area contributed by atoms with Crippen LogP contribution < -0.4 is 10.6 Å². The van der Waals surface area contributed by atoms with Crippen molar-refractivity contribution < 1.29 is 9.53 Å². The van der Waals surface area contributed by atoms with Crippen molar-refractivity contribution in [3.05, 3.63) is 59.1 Å². The number of hydrogen-bond donors (Lipinski definition) is 2. The smallest absolute Gasteiger partial charge is 0.253 e. The number of nitrogens with one attached hydrogen (secondary N) is 2. The van der Waals surface area contributed by atoms with E-state index in [2.05, 4.69) is 10.6 Å². The molecule has 24 heavy (non-hydrogen) atoms. The van der Waals surface area contributed by atoms with E-state index in [1.807, 2.05) is 62.6 Å². The van der Waals surface area contributed by atoms with Crippen molar-refractivity contribution in [1.82, 2.24) is 10.6 Å². The third-order valence-electron chi connectivity index (χ3n) is 3.51. The third-order valence-corrected chi connectivity index (χ3v) is 3.76. The van der Waals surface area contributed by atoms with E-state index in [0.717, 1.165) is 23.1 Å². The number of amides is 1. The minimum atomic E-state index is -0.528. The number of carbonyl (C=O) groups is 1. The van der Waals surface area contributed by atoms with E-state index in [-0.39, 0.29) is 5.91 Å². The second-order valence-electron chi connectivity index (χ2n) is 5.53. The van der Waals surface area contributed by atoms with Crippen LogP contribution in [0.1, 0.15) is 18.1 Å². The molecule has 128 valence electrons. The van der Waals surface area contributed by atoms with Gasteiger partial charge in [0.15, 0.2) is 6.10 Å². The largest absolute Gasteiger partial charge is 0.364 e. The lowest BCUT2D eigenvalue weighted by Crippen LogP contribution is -2.28. The molecule has 1 fully saturated rings. The Morgan fingerprint density at radius 2 is 1.83 bits per heavy atom. The quantitative estimate of drug-likeness (QED) is 0.876. The molecule has 0 aromatic heterocycles. The van der Waals surface area contributed by atoms with Crippen molar-refractivity contribution in [1.29, 1.82) is 0 Å². The standard InChI is InChI=1S/C17H16ClNO2.C2H7N/c18-15-7-5-12(6-8-15)13-3-1-4-14(11-13)16-17(20)19-9-2-10-21-16;1-3-2/h1,3-8,11,16H,2,9-10H2,(H,19,20);3H,1-2H3. The molecule has 1 amide bonds. The van der Waals surface area contributed by atoms with Gasteiger partial charge in [-0.15, -0.1) is 0 Å². The summed E-state index contributed by atoms with van der Waals surface area (Å²) in [6.07, 6.45) is 0.318. The first kappa shape index (κ1) is 18.5. The molecule has 1 heterocycles. The van der Waals surface area contributed by atoms with Gasteiger partial charge in [-0.1, -0.05) is 41.9 Å². The van der Waals surface area contributed by atoms with E-state index >= 15 is 0 Å². The normalized spacial score (nSPS) is 17.3. The van der Waals surface area contributed by atoms with Gasteiger partial charge in [-0.25, -0.2) is 0 Å². The molecular weight excluding hydrogens is 324 g/mol. The molecule has 0 spiro atoms. The minimum absolute atomic E-state index is 0.0687. The van der Waals surface area contributed by atoms with Gasteiger partial charge >= 0.3 is 0 Å². The van der Waals surface area contributed by atoms with Crippen molar-refractivity contribution in [2.24, 2.45) is 0 Å². The average Bonchev–Trinajstić information content (AvgIpc) is 2.81. The van der Waals surface area contributed by atoms with E-state index < -0.39 is 6.10 Å². The summed E-state index contributed by atoms with van der Waals surface area (Å²) in [6.45, 7) is 1.26. The Labute approximate surface area is 148 Å². The van der Waals surface area contributed by atoms with Crippen LogP contribution in [0.5, 0.6) is 0 Å². The number of benzene rings is 2. The summed E-state index contributed by atoms with van der Waals surface area (Å²) in [5, 5.41) is 6.34. The first-order valence-electron chi connectivity index (χ1n) is 7.99. The molecule has 1 atom stereocenters. The minimum Gasteiger partial charge on any atom is -0.364 e. The van der Waals surface area contributed by atoms with Gasteiger partial charge in [0.25, 0.3) is 5.91 Å². The Morgan fingerprint density at radius 1 is 1.12 bits per heavy atom. The molecule has 4 nitrogen and oxygen atoms in total. The van der Waals surface area contributed by atoms with Gasteiger partial charge in [-0.2, -0.15) is 0 Å². The molecule has 2 aromatic rings. The van der Waals surface area contributed by atoms with Gasteiger partial charge in [0.05, 0.1) is 0 Å². The van der Waals surface area contributed by atoms with Crippen LogP contribution in [0.15, 0.2) is 48.5 Å². The fraction of sp³-hybridized carbons (Fsp3) is 0.316. The van der Waals surface area contributed by atoms with Crippen LogP contribution in [-0.4, -0.2) is 33.2 Å². The Bertz CT molecular complexity index is 659. The lowest BCUT2D eigenvalue weighted by Gasteiger charge is -2.15. The highest BCUT2D eigenvalue weighted by molar-refractivity contribution is 6.30. The van der Waals surface area contributed by atoms with E-state index in [0.29, 0.717) is 18.2 Å². The van der Waals surface area contributed by atoms with Crippen LogP contribution in [-0.2, 0) is 9.53 Å².